The third-order valence-corrected chi connectivity index (χ3v) is 5.63. The van der Waals surface area contributed by atoms with Crippen molar-refractivity contribution in [1.82, 2.24) is 0 Å². The summed E-state index contributed by atoms with van der Waals surface area (Å²) in [4.78, 5) is 16.3. The Hall–Kier alpha value is -2.78. The minimum Gasteiger partial charge on any atom is -0.277 e. The van der Waals surface area contributed by atoms with E-state index < -0.39 is 0 Å². The number of amides is 1. The molecule has 1 amide bonds. The molecule has 0 unspecified atom stereocenters. The second-order valence-corrected chi connectivity index (χ2v) is 7.42. The van der Waals surface area contributed by atoms with E-state index in [2.05, 4.69) is 30.5 Å². The molecule has 1 aliphatic heterocycles. The van der Waals surface area contributed by atoms with Crippen molar-refractivity contribution < 1.29 is 4.79 Å². The van der Waals surface area contributed by atoms with Crippen molar-refractivity contribution in [1.29, 1.82) is 0 Å². The van der Waals surface area contributed by atoms with Crippen molar-refractivity contribution in [2.45, 2.75) is 17.7 Å². The first kappa shape index (κ1) is 17.6. The zero-order valence-corrected chi connectivity index (χ0v) is 16.1. The molecule has 134 valence electrons. The Labute approximate surface area is 164 Å². The number of hydrogen-bond acceptors (Lipinski definition) is 2. The first-order valence-corrected chi connectivity index (χ1v) is 10.3. The zero-order valence-electron chi connectivity index (χ0n) is 15.3. The fourth-order valence-electron chi connectivity index (χ4n) is 3.47. The fraction of sp³-hybridized carbons (Fsp3) is 0.125. The van der Waals surface area contributed by atoms with Gasteiger partial charge in [0.05, 0.1) is 11.4 Å². The molecule has 0 aromatic heterocycles. The summed E-state index contributed by atoms with van der Waals surface area (Å²) in [6.45, 7) is 0. The molecular weight excluding hydrogens is 350 g/mol. The molecule has 0 bridgehead atoms. The van der Waals surface area contributed by atoms with Crippen LogP contribution < -0.4 is 4.90 Å². The molecule has 27 heavy (non-hydrogen) atoms. The number of benzene rings is 3. The van der Waals surface area contributed by atoms with Crippen molar-refractivity contribution in [3.63, 3.8) is 0 Å². The van der Waals surface area contributed by atoms with Gasteiger partial charge in [-0.3, -0.25) is 9.69 Å². The van der Waals surface area contributed by atoms with Gasteiger partial charge in [0.1, 0.15) is 0 Å². The zero-order chi connectivity index (χ0) is 18.6. The van der Waals surface area contributed by atoms with Gasteiger partial charge in [-0.2, -0.15) is 0 Å². The Morgan fingerprint density at radius 3 is 1.96 bits per heavy atom. The number of fused-ring (bicyclic) bond motifs is 2. The quantitative estimate of drug-likeness (QED) is 0.423. The van der Waals surface area contributed by atoms with Crippen LogP contribution >= 0.6 is 11.8 Å². The molecule has 0 fully saturated rings. The predicted octanol–water partition coefficient (Wildman–Crippen LogP) is 5.89. The van der Waals surface area contributed by atoms with Gasteiger partial charge in [-0.1, -0.05) is 48.5 Å². The van der Waals surface area contributed by atoms with Crippen LogP contribution in [0.2, 0.25) is 0 Å². The Bertz CT molecular complexity index is 944. The van der Waals surface area contributed by atoms with Crippen LogP contribution in [0.1, 0.15) is 16.7 Å². The summed E-state index contributed by atoms with van der Waals surface area (Å²) in [5.41, 5.74) is 5.40. The number of carbonyl (C=O) groups is 1. The minimum absolute atomic E-state index is 0.0225. The van der Waals surface area contributed by atoms with E-state index in [1.54, 1.807) is 17.8 Å². The molecule has 0 atom stereocenters. The van der Waals surface area contributed by atoms with Gasteiger partial charge in [-0.15, -0.1) is 11.8 Å². The van der Waals surface area contributed by atoms with E-state index >= 15 is 0 Å². The van der Waals surface area contributed by atoms with E-state index in [0.717, 1.165) is 29.8 Å². The van der Waals surface area contributed by atoms with Gasteiger partial charge in [-0.05, 0) is 66.1 Å². The van der Waals surface area contributed by atoms with Crippen LogP contribution in [0.15, 0.2) is 83.8 Å². The number of thioether (sulfide) groups is 1. The summed E-state index contributed by atoms with van der Waals surface area (Å²) in [5, 5.41) is 0. The Morgan fingerprint density at radius 1 is 0.852 bits per heavy atom. The number of carbonyl (C=O) groups excluding carboxylic acids is 1. The molecule has 0 N–H and O–H groups in total. The molecule has 1 heterocycles. The molecule has 1 aliphatic rings. The maximum absolute atomic E-state index is 13.2. The van der Waals surface area contributed by atoms with Crippen LogP contribution in [0, 0.1) is 0 Å². The summed E-state index contributed by atoms with van der Waals surface area (Å²) < 4.78 is 0. The van der Waals surface area contributed by atoms with E-state index in [1.165, 1.54) is 16.0 Å². The second-order valence-electron chi connectivity index (χ2n) is 6.54. The summed E-state index contributed by atoms with van der Waals surface area (Å²) in [6, 6.07) is 24.6. The minimum atomic E-state index is -0.0225. The van der Waals surface area contributed by atoms with Gasteiger partial charge in [-0.25, -0.2) is 0 Å². The summed E-state index contributed by atoms with van der Waals surface area (Å²) in [5.74, 6) is -0.0225. The normalized spacial score (nSPS) is 13.1. The van der Waals surface area contributed by atoms with E-state index in [-0.39, 0.29) is 5.91 Å². The lowest BCUT2D eigenvalue weighted by Gasteiger charge is -2.23. The molecule has 2 nitrogen and oxygen atoms in total. The molecule has 3 aromatic carbocycles. The van der Waals surface area contributed by atoms with Crippen LogP contribution in [-0.2, 0) is 17.6 Å². The maximum Gasteiger partial charge on any atom is 0.255 e. The van der Waals surface area contributed by atoms with Crippen molar-refractivity contribution >= 4 is 35.1 Å². The molecule has 3 heteroatoms. The first-order chi connectivity index (χ1) is 13.3. The number of anilines is 2. The van der Waals surface area contributed by atoms with Crippen LogP contribution in [0.4, 0.5) is 11.4 Å². The van der Waals surface area contributed by atoms with Gasteiger partial charge in [0.15, 0.2) is 0 Å². The Morgan fingerprint density at radius 2 is 1.41 bits per heavy atom. The molecular formula is C24H21NOS. The third-order valence-electron chi connectivity index (χ3n) is 4.88. The van der Waals surface area contributed by atoms with Gasteiger partial charge in [0, 0.05) is 11.0 Å². The molecule has 0 spiro atoms. The average molecular weight is 372 g/mol. The summed E-state index contributed by atoms with van der Waals surface area (Å²) in [7, 11) is 0. The smallest absolute Gasteiger partial charge is 0.255 e. The van der Waals surface area contributed by atoms with Crippen molar-refractivity contribution in [2.75, 3.05) is 11.2 Å². The van der Waals surface area contributed by atoms with E-state index in [4.69, 9.17) is 0 Å². The van der Waals surface area contributed by atoms with Crippen molar-refractivity contribution in [3.05, 3.63) is 95.6 Å². The van der Waals surface area contributed by atoms with Crippen LogP contribution in [-0.4, -0.2) is 12.2 Å². The average Bonchev–Trinajstić information content (AvgIpc) is 2.89. The number of rotatable bonds is 3. The summed E-state index contributed by atoms with van der Waals surface area (Å²) >= 11 is 1.71. The van der Waals surface area contributed by atoms with Gasteiger partial charge >= 0.3 is 0 Å². The summed E-state index contributed by atoms with van der Waals surface area (Å²) in [6.07, 6.45) is 7.51. The molecule has 3 aromatic rings. The fourth-order valence-corrected chi connectivity index (χ4v) is 3.88. The highest BCUT2D eigenvalue weighted by Crippen LogP contribution is 2.36. The number of para-hydroxylation sites is 2. The van der Waals surface area contributed by atoms with E-state index in [1.807, 2.05) is 59.5 Å². The topological polar surface area (TPSA) is 20.3 Å². The standard InChI is InChI=1S/C24H21NOS/c1-27-21-15-10-18(11-16-21)12-17-24(26)25-22-8-4-2-6-19(22)13-14-20-7-3-5-9-23(20)25/h2-12,15-17H,13-14H2,1H3. The largest absolute Gasteiger partial charge is 0.277 e. The van der Waals surface area contributed by atoms with Crippen LogP contribution in [0.25, 0.3) is 6.08 Å². The van der Waals surface area contributed by atoms with E-state index in [9.17, 15) is 4.79 Å². The molecule has 0 saturated carbocycles. The number of aryl methyl sites for hydroxylation is 2. The SMILES string of the molecule is CSc1ccc(C=CC(=O)N2c3ccccc3CCc3ccccc32)cc1. The first-order valence-electron chi connectivity index (χ1n) is 9.08. The molecule has 0 saturated heterocycles. The van der Waals surface area contributed by atoms with Crippen molar-refractivity contribution in [2.24, 2.45) is 0 Å². The maximum atomic E-state index is 13.2. The lowest BCUT2D eigenvalue weighted by Crippen LogP contribution is -2.24. The van der Waals surface area contributed by atoms with Crippen molar-refractivity contribution in [3.8, 4) is 0 Å². The van der Waals surface area contributed by atoms with Gasteiger partial charge in [0.25, 0.3) is 5.91 Å². The highest BCUT2D eigenvalue weighted by molar-refractivity contribution is 7.98. The Balaban J connectivity index is 1.71. The Kier molecular flexibility index (Phi) is 5.12. The molecule has 4 rings (SSSR count). The predicted molar refractivity (Wildman–Crippen MR) is 115 cm³/mol. The third kappa shape index (κ3) is 3.69. The van der Waals surface area contributed by atoms with E-state index in [0.29, 0.717) is 0 Å². The lowest BCUT2D eigenvalue weighted by molar-refractivity contribution is -0.113. The lowest BCUT2D eigenvalue weighted by atomic mass is 10.0. The molecule has 0 radical (unpaired) electrons. The number of nitrogens with zero attached hydrogens (tertiary/aromatic N) is 1. The monoisotopic (exact) mass is 371 g/mol. The van der Waals surface area contributed by atoms with Gasteiger partial charge < -0.3 is 0 Å². The highest BCUT2D eigenvalue weighted by Gasteiger charge is 2.23. The van der Waals surface area contributed by atoms with Gasteiger partial charge in [0.2, 0.25) is 0 Å². The molecule has 0 aliphatic carbocycles. The van der Waals surface area contributed by atoms with Crippen LogP contribution in [0.5, 0.6) is 0 Å². The number of hydrogen-bond donors (Lipinski definition) is 0. The second kappa shape index (κ2) is 7.85. The van der Waals surface area contributed by atoms with Crippen LogP contribution in [0.3, 0.4) is 0 Å². The highest BCUT2D eigenvalue weighted by atomic mass is 32.2.